The molecule has 2 aliphatic rings. The summed E-state index contributed by atoms with van der Waals surface area (Å²) in [4.78, 5) is 11.9. The molecule has 2 aliphatic heterocycles. The normalized spacial score (nSPS) is 22.9. The Morgan fingerprint density at radius 1 is 1.06 bits per heavy atom. The zero-order valence-corrected chi connectivity index (χ0v) is 18.5. The number of phenolic OH excluding ortho intramolecular Hbond substituents is 1. The third-order valence-corrected chi connectivity index (χ3v) is 8.74. The van der Waals surface area contributed by atoms with Gasteiger partial charge in [-0.15, -0.1) is 0 Å². The summed E-state index contributed by atoms with van der Waals surface area (Å²) in [5.41, 5.74) is -0.129. The molecule has 0 aliphatic carbocycles. The molecule has 0 spiro atoms. The van der Waals surface area contributed by atoms with Crippen molar-refractivity contribution in [2.75, 3.05) is 10.6 Å². The fourth-order valence-corrected chi connectivity index (χ4v) is 6.89. The van der Waals surface area contributed by atoms with Crippen LogP contribution in [0.15, 0.2) is 35.2 Å². The van der Waals surface area contributed by atoms with Gasteiger partial charge in [-0.1, -0.05) is 29.3 Å². The van der Waals surface area contributed by atoms with Crippen LogP contribution in [0.25, 0.3) is 0 Å². The molecule has 2 saturated heterocycles. The molecule has 0 saturated carbocycles. The number of hydrogen-bond acceptors (Lipinski definition) is 5. The first-order valence-corrected chi connectivity index (χ1v) is 12.0. The highest BCUT2D eigenvalue weighted by Crippen LogP contribution is 2.42. The van der Waals surface area contributed by atoms with Crippen LogP contribution in [-0.4, -0.2) is 36.9 Å². The van der Waals surface area contributed by atoms with E-state index in [0.717, 1.165) is 18.9 Å². The average molecular weight is 488 g/mol. The van der Waals surface area contributed by atoms with Crippen LogP contribution in [0, 0.1) is 5.82 Å². The molecule has 31 heavy (non-hydrogen) atoms. The molecular formula is C20H20Cl2FN3O4S. The van der Waals surface area contributed by atoms with Crippen LogP contribution in [0.2, 0.25) is 10.0 Å². The van der Waals surface area contributed by atoms with Gasteiger partial charge >= 0.3 is 6.03 Å². The number of fused-ring (bicyclic) bond motifs is 2. The topological polar surface area (TPSA) is 108 Å². The van der Waals surface area contributed by atoms with Crippen LogP contribution in [0.5, 0.6) is 5.75 Å². The Labute approximate surface area is 188 Å². The zero-order valence-electron chi connectivity index (χ0n) is 16.2. The van der Waals surface area contributed by atoms with E-state index in [-0.39, 0.29) is 33.5 Å². The second kappa shape index (κ2) is 8.46. The van der Waals surface area contributed by atoms with Crippen molar-refractivity contribution in [2.24, 2.45) is 0 Å². The Morgan fingerprint density at radius 3 is 2.39 bits per heavy atom. The first-order valence-electron chi connectivity index (χ1n) is 9.70. The number of rotatable bonds is 4. The molecule has 2 heterocycles. The van der Waals surface area contributed by atoms with Gasteiger partial charge in [-0.05, 0) is 49.9 Å². The minimum Gasteiger partial charge on any atom is -0.504 e. The van der Waals surface area contributed by atoms with Gasteiger partial charge in [-0.25, -0.2) is 17.6 Å². The number of halogens is 3. The quantitative estimate of drug-likeness (QED) is 0.473. The van der Waals surface area contributed by atoms with Gasteiger partial charge in [-0.2, -0.15) is 0 Å². The summed E-state index contributed by atoms with van der Waals surface area (Å²) in [7, 11) is -3.94. The van der Waals surface area contributed by atoms with E-state index in [1.54, 1.807) is 0 Å². The van der Waals surface area contributed by atoms with E-state index in [2.05, 4.69) is 16.0 Å². The van der Waals surface area contributed by atoms with E-state index in [4.69, 9.17) is 23.2 Å². The summed E-state index contributed by atoms with van der Waals surface area (Å²) in [5.74, 6) is -1.35. The van der Waals surface area contributed by atoms with Crippen LogP contribution in [-0.2, 0) is 9.84 Å². The number of anilines is 2. The molecule has 7 nitrogen and oxygen atoms in total. The summed E-state index contributed by atoms with van der Waals surface area (Å²) >= 11 is 12.0. The van der Waals surface area contributed by atoms with Gasteiger partial charge in [-0.3, -0.25) is 0 Å². The molecule has 0 aromatic heterocycles. The van der Waals surface area contributed by atoms with E-state index < -0.39 is 37.6 Å². The van der Waals surface area contributed by atoms with Crippen LogP contribution in [0.1, 0.15) is 25.7 Å². The number of hydrogen-bond donors (Lipinski definition) is 4. The number of urea groups is 1. The highest BCUT2D eigenvalue weighted by molar-refractivity contribution is 7.92. The van der Waals surface area contributed by atoms with Crippen LogP contribution < -0.4 is 16.0 Å². The van der Waals surface area contributed by atoms with Gasteiger partial charge in [0.25, 0.3) is 0 Å². The molecule has 2 aromatic carbocycles. The number of carbonyl (C=O) groups is 1. The molecule has 4 rings (SSSR count). The van der Waals surface area contributed by atoms with Crippen LogP contribution in [0.3, 0.4) is 0 Å². The van der Waals surface area contributed by atoms with Crippen molar-refractivity contribution in [2.45, 2.75) is 47.9 Å². The summed E-state index contributed by atoms with van der Waals surface area (Å²) in [6, 6.07) is 5.91. The predicted molar refractivity (Wildman–Crippen MR) is 117 cm³/mol. The van der Waals surface area contributed by atoms with E-state index >= 15 is 0 Å². The molecule has 2 atom stereocenters. The Kier molecular flexibility index (Phi) is 6.04. The molecule has 2 amide bonds. The smallest absolute Gasteiger partial charge is 0.323 e. The first kappa shape index (κ1) is 22.1. The number of nitrogens with one attached hydrogen (secondary N) is 3. The fourth-order valence-electron chi connectivity index (χ4n) is 4.22. The molecule has 2 bridgehead atoms. The molecule has 0 radical (unpaired) electrons. The number of carbonyl (C=O) groups excluding carboxylic acids is 1. The third kappa shape index (κ3) is 4.32. The lowest BCUT2D eigenvalue weighted by Crippen LogP contribution is -2.43. The van der Waals surface area contributed by atoms with Gasteiger partial charge in [0, 0.05) is 12.1 Å². The number of sulfone groups is 1. The number of piperidine rings is 1. The van der Waals surface area contributed by atoms with Gasteiger partial charge in [0.15, 0.2) is 15.6 Å². The largest absolute Gasteiger partial charge is 0.504 e. The lowest BCUT2D eigenvalue weighted by Gasteiger charge is -2.29. The van der Waals surface area contributed by atoms with Crippen molar-refractivity contribution in [1.29, 1.82) is 0 Å². The zero-order chi connectivity index (χ0) is 22.3. The highest BCUT2D eigenvalue weighted by atomic mass is 35.5. The maximum Gasteiger partial charge on any atom is 0.323 e. The second-order valence-corrected chi connectivity index (χ2v) is 10.7. The van der Waals surface area contributed by atoms with Gasteiger partial charge in [0.1, 0.15) is 10.7 Å². The van der Waals surface area contributed by atoms with Gasteiger partial charge < -0.3 is 21.1 Å². The van der Waals surface area contributed by atoms with E-state index in [9.17, 15) is 22.7 Å². The SMILES string of the molecule is O=C(Nc1ccc(Cl)c(S(=O)(=O)C2CC3CCC(C2)N3)c1O)Nc1cccc(F)c1Cl. The number of benzene rings is 2. The predicted octanol–water partition coefficient (Wildman–Crippen LogP) is 4.54. The molecule has 2 aromatic rings. The van der Waals surface area contributed by atoms with Crippen LogP contribution in [0.4, 0.5) is 20.6 Å². The van der Waals surface area contributed by atoms with E-state index in [0.29, 0.717) is 12.8 Å². The Hall–Kier alpha value is -2.07. The summed E-state index contributed by atoms with van der Waals surface area (Å²) < 4.78 is 40.2. The Balaban J connectivity index is 1.59. The van der Waals surface area contributed by atoms with E-state index in [1.165, 1.54) is 24.3 Å². The van der Waals surface area contributed by atoms with Crippen molar-refractivity contribution in [3.05, 3.63) is 46.2 Å². The Bertz CT molecular complexity index is 1130. The van der Waals surface area contributed by atoms with Crippen molar-refractivity contribution in [3.63, 3.8) is 0 Å². The fraction of sp³-hybridized carbons (Fsp3) is 0.350. The van der Waals surface area contributed by atoms with Crippen molar-refractivity contribution in [1.82, 2.24) is 5.32 Å². The van der Waals surface area contributed by atoms with Crippen LogP contribution >= 0.6 is 23.2 Å². The van der Waals surface area contributed by atoms with Gasteiger partial charge in [0.2, 0.25) is 0 Å². The molecule has 11 heteroatoms. The van der Waals surface area contributed by atoms with Crippen molar-refractivity contribution < 1.29 is 22.7 Å². The number of amides is 2. The lowest BCUT2D eigenvalue weighted by molar-refractivity contribution is 0.262. The number of aromatic hydroxyl groups is 1. The molecular weight excluding hydrogens is 468 g/mol. The third-order valence-electron chi connectivity index (χ3n) is 5.68. The summed E-state index contributed by atoms with van der Waals surface area (Å²) in [5, 5.41) is 17.7. The molecule has 2 fully saturated rings. The monoisotopic (exact) mass is 487 g/mol. The molecule has 2 unspecified atom stereocenters. The maximum absolute atomic E-state index is 13.6. The standard InChI is InChI=1S/C20H20Cl2FN3O4S/c21-13-6-7-16(26-20(28)25-15-3-1-2-14(23)17(15)22)18(27)19(13)31(29,30)12-8-10-4-5-11(9-12)24-10/h1-3,6-7,10-12,24,27H,4-5,8-9H2,(H2,25,26,28). The molecule has 166 valence electrons. The average Bonchev–Trinajstić information content (AvgIpc) is 3.05. The minimum absolute atomic E-state index is 0.0191. The number of phenols is 1. The lowest BCUT2D eigenvalue weighted by atomic mass is 10.1. The Morgan fingerprint density at radius 2 is 1.71 bits per heavy atom. The maximum atomic E-state index is 13.6. The minimum atomic E-state index is -3.94. The second-order valence-electron chi connectivity index (χ2n) is 7.73. The summed E-state index contributed by atoms with van der Waals surface area (Å²) in [6.07, 6.45) is 2.71. The molecule has 4 N–H and O–H groups in total. The highest BCUT2D eigenvalue weighted by Gasteiger charge is 2.42. The van der Waals surface area contributed by atoms with Gasteiger partial charge in [0.05, 0.1) is 26.7 Å². The van der Waals surface area contributed by atoms with Crippen molar-refractivity contribution >= 4 is 50.4 Å². The first-order chi connectivity index (χ1) is 14.7. The van der Waals surface area contributed by atoms with E-state index in [1.807, 2.05) is 0 Å². The van der Waals surface area contributed by atoms with Crippen molar-refractivity contribution in [3.8, 4) is 5.75 Å². The summed E-state index contributed by atoms with van der Waals surface area (Å²) in [6.45, 7) is 0.